The van der Waals surface area contributed by atoms with Gasteiger partial charge in [0.1, 0.15) is 17.3 Å². The lowest BCUT2D eigenvalue weighted by Gasteiger charge is -2.36. The summed E-state index contributed by atoms with van der Waals surface area (Å²) < 4.78 is 13.3. The molecule has 1 aliphatic carbocycles. The first-order chi connectivity index (χ1) is 18.9. The van der Waals surface area contributed by atoms with Crippen molar-refractivity contribution in [1.29, 1.82) is 0 Å². The van der Waals surface area contributed by atoms with Crippen molar-refractivity contribution in [2.75, 3.05) is 20.8 Å². The van der Waals surface area contributed by atoms with Gasteiger partial charge in [-0.3, -0.25) is 14.2 Å². The fourth-order valence-corrected chi connectivity index (χ4v) is 5.64. The van der Waals surface area contributed by atoms with Crippen LogP contribution in [0.2, 0.25) is 0 Å². The van der Waals surface area contributed by atoms with Crippen LogP contribution < -0.4 is 15.0 Å². The van der Waals surface area contributed by atoms with Gasteiger partial charge in [0.2, 0.25) is 5.91 Å². The Bertz CT molecular complexity index is 1550. The van der Waals surface area contributed by atoms with Crippen LogP contribution in [0.5, 0.6) is 11.5 Å². The Morgan fingerprint density at radius 2 is 1.79 bits per heavy atom. The number of rotatable bonds is 9. The first-order valence-electron chi connectivity index (χ1n) is 13.2. The van der Waals surface area contributed by atoms with Gasteiger partial charge in [-0.25, -0.2) is 4.98 Å². The number of amides is 1. The molecule has 0 saturated heterocycles. The molecule has 1 atom stereocenters. The highest BCUT2D eigenvalue weighted by molar-refractivity contribution is 9.10. The number of para-hydroxylation sites is 1. The van der Waals surface area contributed by atoms with Crippen molar-refractivity contribution >= 4 is 32.7 Å². The van der Waals surface area contributed by atoms with Gasteiger partial charge >= 0.3 is 0 Å². The average molecular weight is 591 g/mol. The number of carbonyl (C=O) groups is 1. The summed E-state index contributed by atoms with van der Waals surface area (Å²) in [7, 11) is 3.14. The van der Waals surface area contributed by atoms with Crippen LogP contribution in [0.1, 0.15) is 43.6 Å². The zero-order chi connectivity index (χ0) is 27.5. The molecule has 0 spiro atoms. The quantitative estimate of drug-likeness (QED) is 0.236. The standard InChI is InChI=1S/C31H32BrN3O4/c1-20(34(30(36)22-12-9-13-22)17-16-21-10-5-4-6-11-21)29-33-25-15-8-7-14-24(25)31(37)35(29)26-18-23(38-2)19-27(39-3)28(26)32/h4-8,10-11,14-15,18-20,22H,9,12-13,16-17H2,1-3H3. The molecule has 0 N–H and O–H groups in total. The first-order valence-corrected chi connectivity index (χ1v) is 14.0. The molecule has 39 heavy (non-hydrogen) atoms. The van der Waals surface area contributed by atoms with Gasteiger partial charge in [-0.2, -0.15) is 0 Å². The first kappa shape index (κ1) is 26.9. The minimum atomic E-state index is -0.469. The largest absolute Gasteiger partial charge is 0.497 e. The van der Waals surface area contributed by atoms with Crippen molar-refractivity contribution in [3.63, 3.8) is 0 Å². The molecule has 8 heteroatoms. The average Bonchev–Trinajstić information content (AvgIpc) is 2.93. The van der Waals surface area contributed by atoms with Crippen LogP contribution in [0, 0.1) is 5.92 Å². The maximum atomic E-state index is 14.1. The summed E-state index contributed by atoms with van der Waals surface area (Å²) in [6.45, 7) is 2.48. The van der Waals surface area contributed by atoms with Crippen LogP contribution in [-0.2, 0) is 11.2 Å². The normalized spacial score (nSPS) is 14.1. The zero-order valence-corrected chi connectivity index (χ0v) is 24.0. The fourth-order valence-electron chi connectivity index (χ4n) is 5.07. The monoisotopic (exact) mass is 589 g/mol. The van der Waals surface area contributed by atoms with E-state index in [9.17, 15) is 9.59 Å². The van der Waals surface area contributed by atoms with E-state index in [1.807, 2.05) is 48.2 Å². The summed E-state index contributed by atoms with van der Waals surface area (Å²) in [4.78, 5) is 34.8. The minimum absolute atomic E-state index is 0.00695. The van der Waals surface area contributed by atoms with Crippen LogP contribution in [0.3, 0.4) is 0 Å². The minimum Gasteiger partial charge on any atom is -0.497 e. The molecule has 1 saturated carbocycles. The number of halogens is 1. The third-order valence-corrected chi connectivity index (χ3v) is 8.35. The second-order valence-corrected chi connectivity index (χ2v) is 10.7. The summed E-state index contributed by atoms with van der Waals surface area (Å²) in [5, 5.41) is 0.489. The van der Waals surface area contributed by atoms with Gasteiger partial charge in [0.05, 0.1) is 41.3 Å². The third-order valence-electron chi connectivity index (χ3n) is 7.55. The molecule has 7 nitrogen and oxygen atoms in total. The molecule has 5 rings (SSSR count). The van der Waals surface area contributed by atoms with E-state index in [4.69, 9.17) is 14.5 Å². The van der Waals surface area contributed by atoms with Crippen molar-refractivity contribution in [2.45, 2.75) is 38.6 Å². The summed E-state index contributed by atoms with van der Waals surface area (Å²) >= 11 is 3.65. The SMILES string of the molecule is COc1cc(OC)c(Br)c(-n2c(C(C)N(CCc3ccccc3)C(=O)C3CCC3)nc3ccccc3c2=O)c1. The molecule has 202 valence electrons. The van der Waals surface area contributed by atoms with Crippen molar-refractivity contribution in [3.8, 4) is 17.2 Å². The maximum Gasteiger partial charge on any atom is 0.266 e. The highest BCUT2D eigenvalue weighted by Gasteiger charge is 2.34. The number of hydrogen-bond acceptors (Lipinski definition) is 5. The second-order valence-electron chi connectivity index (χ2n) is 9.86. The van der Waals surface area contributed by atoms with Crippen molar-refractivity contribution in [3.05, 3.63) is 92.9 Å². The van der Waals surface area contributed by atoms with E-state index in [1.54, 1.807) is 37.0 Å². The smallest absolute Gasteiger partial charge is 0.266 e. The molecular formula is C31H32BrN3O4. The van der Waals surface area contributed by atoms with Crippen LogP contribution in [-0.4, -0.2) is 41.1 Å². The number of aromatic nitrogens is 2. The number of carbonyl (C=O) groups excluding carboxylic acids is 1. The van der Waals surface area contributed by atoms with Gasteiger partial charge in [-0.15, -0.1) is 0 Å². The lowest BCUT2D eigenvalue weighted by molar-refractivity contribution is -0.140. The number of nitrogens with zero attached hydrogens (tertiary/aromatic N) is 3. The summed E-state index contributed by atoms with van der Waals surface area (Å²) in [6.07, 6.45) is 3.55. The third kappa shape index (κ3) is 5.30. The summed E-state index contributed by atoms with van der Waals surface area (Å²) in [6, 6.07) is 20.5. The van der Waals surface area contributed by atoms with E-state index in [-0.39, 0.29) is 17.4 Å². The van der Waals surface area contributed by atoms with Crippen LogP contribution in [0.15, 0.2) is 76.0 Å². The Kier molecular flexibility index (Phi) is 8.02. The van der Waals surface area contributed by atoms with Crippen molar-refractivity contribution in [1.82, 2.24) is 14.5 Å². The topological polar surface area (TPSA) is 73.7 Å². The van der Waals surface area contributed by atoms with E-state index in [0.29, 0.717) is 51.4 Å². The number of hydrogen-bond donors (Lipinski definition) is 0. The van der Waals surface area contributed by atoms with Gasteiger partial charge in [0.15, 0.2) is 0 Å². The highest BCUT2D eigenvalue weighted by Crippen LogP contribution is 2.37. The van der Waals surface area contributed by atoms with Crippen LogP contribution in [0.4, 0.5) is 0 Å². The molecular weight excluding hydrogens is 558 g/mol. The summed E-state index contributed by atoms with van der Waals surface area (Å²) in [5.41, 5.74) is 2.05. The molecule has 1 heterocycles. The lowest BCUT2D eigenvalue weighted by atomic mass is 9.84. The zero-order valence-electron chi connectivity index (χ0n) is 22.4. The number of ether oxygens (including phenoxy) is 2. The predicted octanol–water partition coefficient (Wildman–Crippen LogP) is 6.10. The number of methoxy groups -OCH3 is 2. The van der Waals surface area contributed by atoms with E-state index in [2.05, 4.69) is 28.1 Å². The molecule has 1 unspecified atom stereocenters. The predicted molar refractivity (Wildman–Crippen MR) is 156 cm³/mol. The Morgan fingerprint density at radius 1 is 1.08 bits per heavy atom. The Balaban J connectivity index is 1.68. The van der Waals surface area contributed by atoms with Gasteiger partial charge in [0.25, 0.3) is 5.56 Å². The second kappa shape index (κ2) is 11.6. The van der Waals surface area contributed by atoms with Crippen LogP contribution in [0.25, 0.3) is 16.6 Å². The van der Waals surface area contributed by atoms with Crippen molar-refractivity contribution in [2.24, 2.45) is 5.92 Å². The Labute approximate surface area is 236 Å². The van der Waals surface area contributed by atoms with Gasteiger partial charge < -0.3 is 14.4 Å². The fraction of sp³-hybridized carbons (Fsp3) is 0.323. The Morgan fingerprint density at radius 3 is 2.46 bits per heavy atom. The van der Waals surface area contributed by atoms with Gasteiger partial charge in [-0.1, -0.05) is 48.9 Å². The van der Waals surface area contributed by atoms with Crippen molar-refractivity contribution < 1.29 is 14.3 Å². The molecule has 0 radical (unpaired) electrons. The molecule has 0 aliphatic heterocycles. The van der Waals surface area contributed by atoms with E-state index >= 15 is 0 Å². The van der Waals surface area contributed by atoms with Gasteiger partial charge in [0, 0.05) is 24.6 Å². The molecule has 1 fully saturated rings. The molecule has 1 amide bonds. The van der Waals surface area contributed by atoms with E-state index in [0.717, 1.165) is 24.8 Å². The van der Waals surface area contributed by atoms with E-state index in [1.165, 1.54) is 0 Å². The molecule has 1 aliphatic rings. The number of benzene rings is 3. The van der Waals surface area contributed by atoms with Gasteiger partial charge in [-0.05, 0) is 59.8 Å². The van der Waals surface area contributed by atoms with Crippen LogP contribution >= 0.6 is 15.9 Å². The maximum absolute atomic E-state index is 14.1. The molecule has 1 aromatic heterocycles. The molecule has 0 bridgehead atoms. The Hall–Kier alpha value is -3.65. The van der Waals surface area contributed by atoms with E-state index < -0.39 is 6.04 Å². The molecule has 3 aromatic carbocycles. The highest BCUT2D eigenvalue weighted by atomic mass is 79.9. The number of fused-ring (bicyclic) bond motifs is 1. The lowest BCUT2D eigenvalue weighted by Crippen LogP contribution is -2.43. The molecule has 4 aromatic rings. The summed E-state index contributed by atoms with van der Waals surface area (Å²) in [5.74, 6) is 1.66.